The van der Waals surface area contributed by atoms with Gasteiger partial charge in [-0.3, -0.25) is 4.90 Å². The van der Waals surface area contributed by atoms with Gasteiger partial charge in [-0.1, -0.05) is 32.4 Å². The monoisotopic (exact) mass is 409 g/mol. The molecular formula is C18H27N5O2S2. The molecule has 2 aromatic rings. The summed E-state index contributed by atoms with van der Waals surface area (Å²) >= 11 is 5.55. The van der Waals surface area contributed by atoms with Gasteiger partial charge in [-0.25, -0.2) is 13.1 Å². The lowest BCUT2D eigenvalue weighted by molar-refractivity contribution is 0.162. The summed E-state index contributed by atoms with van der Waals surface area (Å²) in [6.07, 6.45) is 4.09. The summed E-state index contributed by atoms with van der Waals surface area (Å²) in [6, 6.07) is 8.26. The van der Waals surface area contributed by atoms with E-state index in [4.69, 9.17) is 12.2 Å². The van der Waals surface area contributed by atoms with Gasteiger partial charge in [0.25, 0.3) is 0 Å². The average Bonchev–Trinajstić information content (AvgIpc) is 3.20. The summed E-state index contributed by atoms with van der Waals surface area (Å²) in [5.41, 5.74) is 2.19. The quantitative estimate of drug-likeness (QED) is 0.624. The van der Waals surface area contributed by atoms with Gasteiger partial charge in [0.2, 0.25) is 4.77 Å². The highest BCUT2D eigenvalue weighted by molar-refractivity contribution is 7.91. The van der Waals surface area contributed by atoms with Gasteiger partial charge in [-0.05, 0) is 66.1 Å². The molecule has 9 heteroatoms. The molecule has 0 saturated carbocycles. The van der Waals surface area contributed by atoms with Crippen LogP contribution in [0, 0.1) is 4.77 Å². The van der Waals surface area contributed by atoms with Crippen molar-refractivity contribution in [2.24, 2.45) is 0 Å². The minimum absolute atomic E-state index is 0.0184. The molecule has 7 nitrogen and oxygen atoms in total. The van der Waals surface area contributed by atoms with Crippen molar-refractivity contribution < 1.29 is 8.42 Å². The fraction of sp³-hybridized carbons (Fsp3) is 0.611. The third kappa shape index (κ3) is 4.83. The van der Waals surface area contributed by atoms with E-state index in [1.165, 1.54) is 18.4 Å². The molecule has 1 saturated heterocycles. The minimum Gasteiger partial charge on any atom is -0.280 e. The van der Waals surface area contributed by atoms with Gasteiger partial charge >= 0.3 is 0 Å². The highest BCUT2D eigenvalue weighted by atomic mass is 32.2. The Balaban J connectivity index is 1.74. The predicted octanol–water partition coefficient (Wildman–Crippen LogP) is 2.61. The van der Waals surface area contributed by atoms with Gasteiger partial charge < -0.3 is 0 Å². The zero-order valence-corrected chi connectivity index (χ0v) is 17.5. The second-order valence-corrected chi connectivity index (χ2v) is 9.64. The molecule has 0 unspecified atom stereocenters. The van der Waals surface area contributed by atoms with E-state index in [1.807, 2.05) is 19.1 Å². The van der Waals surface area contributed by atoms with E-state index in [9.17, 15) is 8.42 Å². The Bertz CT molecular complexity index is 918. The molecule has 0 amide bonds. The number of aromatic nitrogens is 4. The highest BCUT2D eigenvalue weighted by Gasteiger charge is 2.32. The van der Waals surface area contributed by atoms with E-state index in [-0.39, 0.29) is 17.5 Å². The SMILES string of the molecule is CCCCc1ccc(-n2nnn(CN(CC)[C@H]3CCS(=O)(=O)C3)c2=S)cc1. The smallest absolute Gasteiger partial charge is 0.221 e. The van der Waals surface area contributed by atoms with Gasteiger partial charge in [-0.2, -0.15) is 4.68 Å². The van der Waals surface area contributed by atoms with Gasteiger partial charge in [0, 0.05) is 6.04 Å². The lowest BCUT2D eigenvalue weighted by Gasteiger charge is -2.25. The van der Waals surface area contributed by atoms with Gasteiger partial charge in [0.05, 0.1) is 23.9 Å². The van der Waals surface area contributed by atoms with Crippen molar-refractivity contribution in [3.8, 4) is 5.69 Å². The molecule has 0 spiro atoms. The minimum atomic E-state index is -2.92. The van der Waals surface area contributed by atoms with Crippen LogP contribution < -0.4 is 0 Å². The summed E-state index contributed by atoms with van der Waals surface area (Å²) in [7, 11) is -2.92. The molecule has 3 rings (SSSR count). The third-order valence-corrected chi connectivity index (χ3v) is 7.22. The van der Waals surface area contributed by atoms with Crippen LogP contribution in [0.5, 0.6) is 0 Å². The summed E-state index contributed by atoms with van der Waals surface area (Å²) in [6.45, 7) is 5.39. The lowest BCUT2D eigenvalue weighted by atomic mass is 10.1. The van der Waals surface area contributed by atoms with Crippen molar-refractivity contribution in [3.63, 3.8) is 0 Å². The van der Waals surface area contributed by atoms with Crippen LogP contribution in [0.15, 0.2) is 24.3 Å². The number of aryl methyl sites for hydroxylation is 1. The third-order valence-electron chi connectivity index (χ3n) is 5.09. The fourth-order valence-electron chi connectivity index (χ4n) is 3.42. The van der Waals surface area contributed by atoms with Crippen LogP contribution in [-0.4, -0.2) is 57.2 Å². The molecule has 1 aliphatic heterocycles. The number of unbranched alkanes of at least 4 members (excludes halogenated alkanes) is 1. The molecule has 1 aromatic carbocycles. The molecule has 148 valence electrons. The summed E-state index contributed by atoms with van der Waals surface area (Å²) in [5, 5.41) is 8.39. The van der Waals surface area contributed by atoms with Crippen molar-refractivity contribution >= 4 is 22.1 Å². The maximum atomic E-state index is 11.8. The molecule has 27 heavy (non-hydrogen) atoms. The Kier molecular flexibility index (Phi) is 6.44. The van der Waals surface area contributed by atoms with Gasteiger partial charge in [-0.15, -0.1) is 0 Å². The first-order valence-corrected chi connectivity index (χ1v) is 11.7. The Labute approximate surface area is 165 Å². The van der Waals surface area contributed by atoms with E-state index in [0.717, 1.165) is 18.7 Å². The van der Waals surface area contributed by atoms with E-state index in [1.54, 1.807) is 9.36 Å². The number of sulfone groups is 1. The second-order valence-electron chi connectivity index (χ2n) is 7.05. The molecule has 1 aliphatic rings. The molecule has 0 radical (unpaired) electrons. The topological polar surface area (TPSA) is 73.0 Å². The maximum absolute atomic E-state index is 11.8. The number of nitrogens with zero attached hydrogens (tertiary/aromatic N) is 5. The number of rotatable bonds is 8. The van der Waals surface area contributed by atoms with Crippen molar-refractivity contribution in [2.75, 3.05) is 18.1 Å². The molecule has 0 bridgehead atoms. The van der Waals surface area contributed by atoms with Crippen LogP contribution in [0.4, 0.5) is 0 Å². The first-order chi connectivity index (χ1) is 12.9. The van der Waals surface area contributed by atoms with E-state index >= 15 is 0 Å². The zero-order chi connectivity index (χ0) is 19.4. The largest absolute Gasteiger partial charge is 0.280 e. The number of hydrogen-bond acceptors (Lipinski definition) is 6. The summed E-state index contributed by atoms with van der Waals surface area (Å²) in [5.74, 6) is 0.470. The van der Waals surface area contributed by atoms with Crippen LogP contribution in [0.1, 0.15) is 38.7 Å². The predicted molar refractivity (Wildman–Crippen MR) is 108 cm³/mol. The lowest BCUT2D eigenvalue weighted by Crippen LogP contribution is -2.37. The van der Waals surface area contributed by atoms with Crippen LogP contribution in [0.3, 0.4) is 0 Å². The van der Waals surface area contributed by atoms with Crippen LogP contribution in [0.2, 0.25) is 0 Å². The molecule has 1 fully saturated rings. The van der Waals surface area contributed by atoms with Crippen molar-refractivity contribution in [1.82, 2.24) is 24.7 Å². The van der Waals surface area contributed by atoms with Crippen LogP contribution >= 0.6 is 12.2 Å². The summed E-state index contributed by atoms with van der Waals surface area (Å²) in [4.78, 5) is 2.10. The van der Waals surface area contributed by atoms with Crippen LogP contribution in [0.25, 0.3) is 5.69 Å². The summed E-state index contributed by atoms with van der Waals surface area (Å²) < 4.78 is 27.4. The van der Waals surface area contributed by atoms with E-state index < -0.39 is 9.84 Å². The number of benzene rings is 1. The van der Waals surface area contributed by atoms with E-state index in [0.29, 0.717) is 17.9 Å². The first kappa shape index (κ1) is 20.2. The highest BCUT2D eigenvalue weighted by Crippen LogP contribution is 2.18. The Morgan fingerprint density at radius 2 is 1.96 bits per heavy atom. The fourth-order valence-corrected chi connectivity index (χ4v) is 5.42. The molecule has 1 aromatic heterocycles. The zero-order valence-electron chi connectivity index (χ0n) is 15.9. The normalized spacial score (nSPS) is 19.0. The van der Waals surface area contributed by atoms with Crippen LogP contribution in [-0.2, 0) is 22.9 Å². The van der Waals surface area contributed by atoms with Gasteiger partial charge in [0.1, 0.15) is 0 Å². The van der Waals surface area contributed by atoms with E-state index in [2.05, 4.69) is 34.4 Å². The van der Waals surface area contributed by atoms with Crippen molar-refractivity contribution in [3.05, 3.63) is 34.6 Å². The number of hydrogen-bond donors (Lipinski definition) is 0. The average molecular weight is 410 g/mol. The standard InChI is InChI=1S/C18H27N5O2S2/c1-3-5-6-15-7-9-16(10-8-15)23-18(26)22(19-20-23)14-21(4-2)17-11-12-27(24,25)13-17/h7-10,17H,3-6,11-14H2,1-2H3/t17-/m0/s1. The Hall–Kier alpha value is -1.58. The maximum Gasteiger partial charge on any atom is 0.221 e. The number of tetrazole rings is 1. The second kappa shape index (κ2) is 8.62. The molecule has 0 aliphatic carbocycles. The van der Waals surface area contributed by atoms with Crippen molar-refractivity contribution in [2.45, 2.75) is 52.2 Å². The molecular weight excluding hydrogens is 382 g/mol. The van der Waals surface area contributed by atoms with Gasteiger partial charge in [0.15, 0.2) is 9.84 Å². The first-order valence-electron chi connectivity index (χ1n) is 9.50. The molecule has 0 N–H and O–H groups in total. The Morgan fingerprint density at radius 3 is 2.56 bits per heavy atom. The van der Waals surface area contributed by atoms with Crippen molar-refractivity contribution in [1.29, 1.82) is 0 Å². The molecule has 1 atom stereocenters. The Morgan fingerprint density at radius 1 is 1.22 bits per heavy atom. The molecule has 2 heterocycles.